The van der Waals surface area contributed by atoms with E-state index in [0.717, 1.165) is 22.0 Å². The van der Waals surface area contributed by atoms with Crippen LogP contribution in [0, 0.1) is 5.82 Å². The Bertz CT molecular complexity index is 1320. The van der Waals surface area contributed by atoms with Gasteiger partial charge in [-0.2, -0.15) is 5.10 Å². The van der Waals surface area contributed by atoms with Crippen molar-refractivity contribution in [3.8, 4) is 11.1 Å². The van der Waals surface area contributed by atoms with Gasteiger partial charge in [0, 0.05) is 42.3 Å². The molecule has 1 aliphatic rings. The zero-order valence-electron chi connectivity index (χ0n) is 16.2. The first-order valence-electron chi connectivity index (χ1n) is 9.42. The maximum Gasteiger partial charge on any atom is 0.255 e. The minimum absolute atomic E-state index is 0.0596. The fraction of sp³-hybridized carbons (Fsp3) is 0.136. The largest absolute Gasteiger partial charge is 0.340 e. The lowest BCUT2D eigenvalue weighted by molar-refractivity contribution is 0.0729. The molecule has 142 valence electrons. The first-order valence-corrected chi connectivity index (χ1v) is 9.42. The predicted octanol–water partition coefficient (Wildman–Crippen LogP) is 2.88. The second-order valence-corrected chi connectivity index (χ2v) is 7.50. The SMILES string of the molecule is [B]C1([B])c2ncccc2C(=O)N1Cc1ccc(-c2ccc3nn(C)cc3c2)cc1F. The number of carbonyl (C=O) groups excluding carboxylic acids is 1. The van der Waals surface area contributed by atoms with Crippen LogP contribution in [-0.2, 0) is 18.9 Å². The normalized spacial score (nSPS) is 15.0. The van der Waals surface area contributed by atoms with Crippen LogP contribution in [0.3, 0.4) is 0 Å². The van der Waals surface area contributed by atoms with Gasteiger partial charge in [0.25, 0.3) is 5.91 Å². The Kier molecular flexibility index (Phi) is 4.07. The van der Waals surface area contributed by atoms with Crippen LogP contribution in [0.1, 0.15) is 21.6 Å². The van der Waals surface area contributed by atoms with E-state index in [1.54, 1.807) is 22.9 Å². The van der Waals surface area contributed by atoms with Gasteiger partial charge in [0.15, 0.2) is 0 Å². The number of aryl methyl sites for hydroxylation is 1. The zero-order valence-corrected chi connectivity index (χ0v) is 16.2. The van der Waals surface area contributed by atoms with Crippen LogP contribution in [0.15, 0.2) is 60.9 Å². The average Bonchev–Trinajstić information content (AvgIpc) is 3.19. The number of hydrogen-bond acceptors (Lipinski definition) is 3. The zero-order chi connectivity index (χ0) is 21.0. The van der Waals surface area contributed by atoms with Gasteiger partial charge < -0.3 is 4.90 Å². The molecule has 2 aromatic carbocycles. The molecule has 0 N–H and O–H groups in total. The minimum Gasteiger partial charge on any atom is -0.340 e. The van der Waals surface area contributed by atoms with Crippen LogP contribution >= 0.6 is 0 Å². The molecule has 4 aromatic rings. The van der Waals surface area contributed by atoms with Crippen molar-refractivity contribution in [3.63, 3.8) is 0 Å². The van der Waals surface area contributed by atoms with Gasteiger partial charge in [-0.3, -0.25) is 14.5 Å². The predicted molar refractivity (Wildman–Crippen MR) is 113 cm³/mol. The molecule has 0 saturated carbocycles. The Morgan fingerprint density at radius 2 is 1.87 bits per heavy atom. The number of hydrogen-bond donors (Lipinski definition) is 0. The molecule has 1 amide bonds. The van der Waals surface area contributed by atoms with Crippen molar-refractivity contribution in [1.29, 1.82) is 0 Å². The van der Waals surface area contributed by atoms with E-state index < -0.39 is 11.2 Å². The third-order valence-corrected chi connectivity index (χ3v) is 5.44. The van der Waals surface area contributed by atoms with Crippen LogP contribution in [0.2, 0.25) is 0 Å². The third-order valence-electron chi connectivity index (χ3n) is 5.44. The highest BCUT2D eigenvalue weighted by Gasteiger charge is 2.42. The molecule has 0 aliphatic carbocycles. The lowest BCUT2D eigenvalue weighted by atomic mass is 9.59. The summed E-state index contributed by atoms with van der Waals surface area (Å²) >= 11 is 0. The van der Waals surface area contributed by atoms with Gasteiger partial charge in [-0.15, -0.1) is 0 Å². The molecule has 0 fully saturated rings. The fourth-order valence-corrected chi connectivity index (χ4v) is 3.89. The van der Waals surface area contributed by atoms with Gasteiger partial charge in [0.05, 0.1) is 32.5 Å². The van der Waals surface area contributed by atoms with Gasteiger partial charge in [0.1, 0.15) is 5.82 Å². The standard InChI is InChI=1S/C22H15B2FN4O/c1-28-11-16-9-13(6-7-19(16)27-28)14-4-5-15(18(25)10-14)12-29-21(30)17-3-2-8-26-20(17)22(29,23)24/h2-11H,12H2,1H3. The molecule has 0 spiro atoms. The number of halogens is 1. The van der Waals surface area contributed by atoms with E-state index in [1.165, 1.54) is 17.2 Å². The molecule has 3 heterocycles. The molecule has 5 nitrogen and oxygen atoms in total. The second-order valence-electron chi connectivity index (χ2n) is 7.50. The molecule has 0 atom stereocenters. The van der Waals surface area contributed by atoms with E-state index in [9.17, 15) is 9.18 Å². The van der Waals surface area contributed by atoms with E-state index in [-0.39, 0.29) is 18.1 Å². The molecule has 4 radical (unpaired) electrons. The summed E-state index contributed by atoms with van der Waals surface area (Å²) in [6.45, 7) is -0.0596. The van der Waals surface area contributed by atoms with Crippen molar-refractivity contribution in [1.82, 2.24) is 19.7 Å². The van der Waals surface area contributed by atoms with E-state index >= 15 is 0 Å². The number of benzene rings is 2. The van der Waals surface area contributed by atoms with E-state index in [2.05, 4.69) is 10.1 Å². The van der Waals surface area contributed by atoms with Crippen LogP contribution in [0.4, 0.5) is 4.39 Å². The molecular weight excluding hydrogens is 377 g/mol. The quantitative estimate of drug-likeness (QED) is 0.504. The Labute approximate surface area is 175 Å². The number of amides is 1. The monoisotopic (exact) mass is 392 g/mol. The number of aromatic nitrogens is 3. The van der Waals surface area contributed by atoms with Crippen LogP contribution in [-0.4, -0.2) is 41.3 Å². The molecule has 1 aliphatic heterocycles. The summed E-state index contributed by atoms with van der Waals surface area (Å²) in [5, 5.41) is 3.73. The topological polar surface area (TPSA) is 51.0 Å². The van der Waals surface area contributed by atoms with Crippen LogP contribution in [0.5, 0.6) is 0 Å². The third kappa shape index (κ3) is 2.83. The lowest BCUT2D eigenvalue weighted by Crippen LogP contribution is -2.44. The van der Waals surface area contributed by atoms with Gasteiger partial charge in [-0.1, -0.05) is 18.2 Å². The summed E-state index contributed by atoms with van der Waals surface area (Å²) in [7, 11) is 14.2. The summed E-state index contributed by atoms with van der Waals surface area (Å²) in [6.07, 6.45) is 3.44. The van der Waals surface area contributed by atoms with E-state index in [0.29, 0.717) is 11.1 Å². The van der Waals surface area contributed by atoms with Gasteiger partial charge >= 0.3 is 0 Å². The summed E-state index contributed by atoms with van der Waals surface area (Å²) in [5.41, 5.74) is 3.43. The molecule has 30 heavy (non-hydrogen) atoms. The highest BCUT2D eigenvalue weighted by molar-refractivity contribution is 6.42. The van der Waals surface area contributed by atoms with Crippen molar-refractivity contribution in [2.75, 3.05) is 0 Å². The molecular formula is C22H15B2FN4O. The maximum absolute atomic E-state index is 15.0. The highest BCUT2D eigenvalue weighted by Crippen LogP contribution is 2.35. The summed E-state index contributed by atoms with van der Waals surface area (Å²) in [5.74, 6) is -0.806. The number of rotatable bonds is 3. The minimum atomic E-state index is -1.59. The van der Waals surface area contributed by atoms with Crippen molar-refractivity contribution in [2.24, 2.45) is 7.05 Å². The second kappa shape index (κ2) is 6.55. The molecule has 8 heteroatoms. The Morgan fingerprint density at radius 3 is 2.63 bits per heavy atom. The van der Waals surface area contributed by atoms with Crippen molar-refractivity contribution in [2.45, 2.75) is 11.9 Å². The Morgan fingerprint density at radius 1 is 1.10 bits per heavy atom. The molecule has 0 unspecified atom stereocenters. The lowest BCUT2D eigenvalue weighted by Gasteiger charge is -2.33. The molecule has 0 bridgehead atoms. The van der Waals surface area contributed by atoms with Crippen LogP contribution in [0.25, 0.3) is 22.0 Å². The molecule has 5 rings (SSSR count). The van der Waals surface area contributed by atoms with Crippen LogP contribution < -0.4 is 0 Å². The summed E-state index contributed by atoms with van der Waals surface area (Å²) in [4.78, 5) is 18.1. The number of nitrogens with zero attached hydrogens (tertiary/aromatic N) is 4. The number of pyridine rings is 1. The first kappa shape index (κ1) is 18.6. The Hall–Kier alpha value is -3.41. The average molecular weight is 392 g/mol. The molecule has 0 saturated heterocycles. The van der Waals surface area contributed by atoms with Crippen molar-refractivity contribution in [3.05, 3.63) is 83.6 Å². The van der Waals surface area contributed by atoms with Gasteiger partial charge in [-0.25, -0.2) is 4.39 Å². The van der Waals surface area contributed by atoms with E-state index in [1.807, 2.05) is 37.5 Å². The summed E-state index contributed by atoms with van der Waals surface area (Å²) in [6, 6.07) is 14.0. The van der Waals surface area contributed by atoms with Crippen molar-refractivity contribution < 1.29 is 9.18 Å². The number of carbonyl (C=O) groups is 1. The Balaban J connectivity index is 1.46. The summed E-state index contributed by atoms with van der Waals surface area (Å²) < 4.78 is 16.7. The highest BCUT2D eigenvalue weighted by atomic mass is 19.1. The first-order chi connectivity index (χ1) is 14.3. The van der Waals surface area contributed by atoms with Gasteiger partial charge in [0.2, 0.25) is 0 Å². The fourth-order valence-electron chi connectivity index (χ4n) is 3.89. The van der Waals surface area contributed by atoms with Gasteiger partial charge in [-0.05, 0) is 41.5 Å². The van der Waals surface area contributed by atoms with Crippen molar-refractivity contribution >= 4 is 32.5 Å². The number of fused-ring (bicyclic) bond motifs is 2. The smallest absolute Gasteiger partial charge is 0.255 e. The van der Waals surface area contributed by atoms with E-state index in [4.69, 9.17) is 15.7 Å². The molecule has 2 aromatic heterocycles. The maximum atomic E-state index is 15.0.